The van der Waals surface area contributed by atoms with Gasteiger partial charge in [0, 0.05) is 12.2 Å². The largest absolute Gasteiger partial charge is 0.483 e. The second-order valence-electron chi connectivity index (χ2n) is 6.80. The van der Waals surface area contributed by atoms with Crippen LogP contribution in [0, 0.1) is 0 Å². The lowest BCUT2D eigenvalue weighted by atomic mass is 10.1. The van der Waals surface area contributed by atoms with Gasteiger partial charge in [-0.2, -0.15) is 0 Å². The van der Waals surface area contributed by atoms with Crippen LogP contribution in [0.3, 0.4) is 0 Å². The van der Waals surface area contributed by atoms with Gasteiger partial charge in [0.25, 0.3) is 11.8 Å². The third kappa shape index (κ3) is 5.13. The van der Waals surface area contributed by atoms with Crippen molar-refractivity contribution in [2.24, 2.45) is 0 Å². The van der Waals surface area contributed by atoms with Crippen molar-refractivity contribution in [2.45, 2.75) is 6.54 Å². The minimum atomic E-state index is -0.333. The van der Waals surface area contributed by atoms with E-state index >= 15 is 0 Å². The van der Waals surface area contributed by atoms with Gasteiger partial charge in [0.1, 0.15) is 5.75 Å². The Morgan fingerprint density at radius 1 is 0.968 bits per heavy atom. The zero-order chi connectivity index (χ0) is 21.6. The van der Waals surface area contributed by atoms with E-state index in [4.69, 9.17) is 9.15 Å². The Morgan fingerprint density at radius 2 is 1.84 bits per heavy atom. The van der Waals surface area contributed by atoms with Crippen LogP contribution < -0.4 is 15.4 Å². The van der Waals surface area contributed by atoms with E-state index in [1.807, 2.05) is 48.5 Å². The molecule has 0 aliphatic carbocycles. The summed E-state index contributed by atoms with van der Waals surface area (Å²) in [6.07, 6.45) is 1.44. The van der Waals surface area contributed by atoms with Crippen LogP contribution in [0.2, 0.25) is 0 Å². The molecule has 1 heterocycles. The van der Waals surface area contributed by atoms with Gasteiger partial charge in [-0.25, -0.2) is 0 Å². The number of hydrogen-bond acceptors (Lipinski definition) is 4. The normalized spacial score (nSPS) is 10.6. The predicted molar refractivity (Wildman–Crippen MR) is 122 cm³/mol. The fourth-order valence-electron chi connectivity index (χ4n) is 3.08. The molecule has 0 bridgehead atoms. The van der Waals surface area contributed by atoms with E-state index in [9.17, 15) is 9.59 Å². The lowest BCUT2D eigenvalue weighted by Crippen LogP contribution is -2.28. The van der Waals surface area contributed by atoms with Crippen LogP contribution in [0.5, 0.6) is 5.75 Å². The van der Waals surface area contributed by atoms with Crippen LogP contribution in [-0.4, -0.2) is 18.4 Å². The maximum Gasteiger partial charge on any atom is 0.291 e. The average Bonchev–Trinajstić information content (AvgIpc) is 3.33. The van der Waals surface area contributed by atoms with Gasteiger partial charge in [0.05, 0.1) is 10.7 Å². The summed E-state index contributed by atoms with van der Waals surface area (Å²) in [6.45, 7) is 0.206. The summed E-state index contributed by atoms with van der Waals surface area (Å²) in [6, 6.07) is 22.2. The smallest absolute Gasteiger partial charge is 0.291 e. The minimum absolute atomic E-state index is 0.105. The fraction of sp³-hybridized carbons (Fsp3) is 0.0833. The van der Waals surface area contributed by atoms with Crippen molar-refractivity contribution < 1.29 is 18.7 Å². The maximum atomic E-state index is 12.2. The molecule has 4 rings (SSSR count). The van der Waals surface area contributed by atoms with E-state index < -0.39 is 0 Å². The second kappa shape index (κ2) is 9.49. The van der Waals surface area contributed by atoms with Gasteiger partial charge >= 0.3 is 0 Å². The molecular formula is C24H19BrN2O4. The van der Waals surface area contributed by atoms with Crippen LogP contribution in [0.4, 0.5) is 5.69 Å². The van der Waals surface area contributed by atoms with E-state index in [2.05, 4.69) is 26.6 Å². The molecule has 0 aliphatic heterocycles. The topological polar surface area (TPSA) is 80.6 Å². The van der Waals surface area contributed by atoms with Crippen molar-refractivity contribution in [1.29, 1.82) is 0 Å². The number of benzene rings is 3. The first kappa shape index (κ1) is 20.7. The molecule has 2 N–H and O–H groups in total. The molecule has 0 radical (unpaired) electrons. The van der Waals surface area contributed by atoms with Crippen LogP contribution in [0.1, 0.15) is 16.1 Å². The Balaban J connectivity index is 1.31. The van der Waals surface area contributed by atoms with Crippen molar-refractivity contribution >= 4 is 44.2 Å². The van der Waals surface area contributed by atoms with Crippen molar-refractivity contribution in [3.8, 4) is 5.75 Å². The number of furan rings is 1. The van der Waals surface area contributed by atoms with Crippen molar-refractivity contribution in [3.63, 3.8) is 0 Å². The molecule has 1 aromatic heterocycles. The number of nitrogens with one attached hydrogen (secondary N) is 2. The number of hydrogen-bond donors (Lipinski definition) is 2. The Hall–Kier alpha value is -3.58. The van der Waals surface area contributed by atoms with Crippen molar-refractivity contribution in [1.82, 2.24) is 5.32 Å². The Morgan fingerprint density at radius 3 is 2.68 bits per heavy atom. The minimum Gasteiger partial charge on any atom is -0.483 e. The summed E-state index contributed by atoms with van der Waals surface area (Å²) in [4.78, 5) is 24.3. The molecule has 0 saturated heterocycles. The molecular weight excluding hydrogens is 460 g/mol. The van der Waals surface area contributed by atoms with Crippen LogP contribution in [-0.2, 0) is 11.3 Å². The van der Waals surface area contributed by atoms with Crippen molar-refractivity contribution in [3.05, 3.63) is 94.9 Å². The number of rotatable bonds is 7. The van der Waals surface area contributed by atoms with Gasteiger partial charge in [0.2, 0.25) is 0 Å². The maximum absolute atomic E-state index is 12.2. The Kier molecular flexibility index (Phi) is 6.33. The molecule has 7 heteroatoms. The molecule has 156 valence electrons. The Bertz CT molecular complexity index is 1220. The standard InChI is InChI=1S/C24H19BrN2O4/c25-23-19-8-2-1-6-17(19)10-11-20(23)31-15-22(28)26-14-16-5-3-7-18(13-16)27-24(29)21-9-4-12-30-21/h1-13H,14-15H2,(H,26,28)(H,27,29). The number of fused-ring (bicyclic) bond motifs is 1. The quantitative estimate of drug-likeness (QED) is 0.385. The van der Waals surface area contributed by atoms with E-state index in [0.717, 1.165) is 20.8 Å². The lowest BCUT2D eigenvalue weighted by molar-refractivity contribution is -0.123. The summed E-state index contributed by atoms with van der Waals surface area (Å²) in [5.74, 6) is 0.262. The highest BCUT2D eigenvalue weighted by Gasteiger charge is 2.10. The lowest BCUT2D eigenvalue weighted by Gasteiger charge is -2.11. The Labute approximate surface area is 187 Å². The third-order valence-corrected chi connectivity index (χ3v) is 5.42. The highest BCUT2D eigenvalue weighted by Crippen LogP contribution is 2.32. The summed E-state index contributed by atoms with van der Waals surface area (Å²) < 4.78 is 11.6. The molecule has 0 fully saturated rings. The van der Waals surface area contributed by atoms with Crippen LogP contribution in [0.25, 0.3) is 10.8 Å². The molecule has 2 amide bonds. The van der Waals surface area contributed by atoms with Crippen LogP contribution in [0.15, 0.2) is 87.9 Å². The van der Waals surface area contributed by atoms with Gasteiger partial charge in [-0.15, -0.1) is 0 Å². The zero-order valence-corrected chi connectivity index (χ0v) is 18.0. The molecule has 0 atom stereocenters. The van der Waals surface area contributed by atoms with Gasteiger partial charge in [-0.1, -0.05) is 42.5 Å². The van der Waals surface area contributed by atoms with Gasteiger partial charge < -0.3 is 19.8 Å². The number of carbonyl (C=O) groups is 2. The molecule has 6 nitrogen and oxygen atoms in total. The highest BCUT2D eigenvalue weighted by atomic mass is 79.9. The summed E-state index contributed by atoms with van der Waals surface area (Å²) in [5.41, 5.74) is 1.46. The SMILES string of the molecule is O=C(COc1ccc2ccccc2c1Br)NCc1cccc(NC(=O)c2ccco2)c1. The van der Waals surface area contributed by atoms with E-state index in [1.54, 1.807) is 24.3 Å². The molecule has 0 saturated carbocycles. The average molecular weight is 479 g/mol. The first-order valence-corrected chi connectivity index (χ1v) is 10.4. The van der Waals surface area contributed by atoms with E-state index in [1.165, 1.54) is 6.26 Å². The molecule has 0 aliphatic rings. The first-order valence-electron chi connectivity index (χ1n) is 9.61. The van der Waals surface area contributed by atoms with Gasteiger partial charge in [-0.3, -0.25) is 9.59 Å². The number of amides is 2. The third-order valence-electron chi connectivity index (χ3n) is 4.61. The van der Waals surface area contributed by atoms with Gasteiger partial charge in [0.15, 0.2) is 12.4 Å². The summed E-state index contributed by atoms with van der Waals surface area (Å²) in [7, 11) is 0. The zero-order valence-electron chi connectivity index (χ0n) is 16.4. The predicted octanol–water partition coefficient (Wildman–Crippen LogP) is 5.14. The molecule has 3 aromatic carbocycles. The first-order chi connectivity index (χ1) is 15.1. The number of ether oxygens (including phenoxy) is 1. The van der Waals surface area contributed by atoms with Gasteiger partial charge in [-0.05, 0) is 62.6 Å². The second-order valence-corrected chi connectivity index (χ2v) is 7.59. The summed E-state index contributed by atoms with van der Waals surface area (Å²) >= 11 is 3.55. The van der Waals surface area contributed by atoms with Crippen molar-refractivity contribution in [2.75, 3.05) is 11.9 Å². The monoisotopic (exact) mass is 478 g/mol. The molecule has 0 unspecified atom stereocenters. The number of carbonyl (C=O) groups excluding carboxylic acids is 2. The molecule has 0 spiro atoms. The van der Waals surface area contributed by atoms with Crippen LogP contribution >= 0.6 is 15.9 Å². The molecule has 31 heavy (non-hydrogen) atoms. The fourth-order valence-corrected chi connectivity index (χ4v) is 3.69. The number of halogens is 1. The van der Waals surface area contributed by atoms with E-state index in [0.29, 0.717) is 18.0 Å². The van der Waals surface area contributed by atoms with E-state index in [-0.39, 0.29) is 24.2 Å². The highest BCUT2D eigenvalue weighted by molar-refractivity contribution is 9.10. The number of anilines is 1. The summed E-state index contributed by atoms with van der Waals surface area (Å²) in [5, 5.41) is 7.70. The molecule has 4 aromatic rings.